The Balaban J connectivity index is 2.06. The van der Waals surface area contributed by atoms with Gasteiger partial charge in [0.15, 0.2) is 0 Å². The van der Waals surface area contributed by atoms with Crippen LogP contribution in [0.2, 0.25) is 0 Å². The van der Waals surface area contributed by atoms with Crippen LogP contribution in [0, 0.1) is 11.3 Å². The van der Waals surface area contributed by atoms with Crippen molar-refractivity contribution in [2.24, 2.45) is 17.1 Å². The van der Waals surface area contributed by atoms with Gasteiger partial charge in [-0.15, -0.1) is 0 Å². The Morgan fingerprint density at radius 3 is 2.46 bits per heavy atom. The number of carbonyl (C=O) groups excluding carboxylic acids is 3. The van der Waals surface area contributed by atoms with Gasteiger partial charge in [-0.1, -0.05) is 39.8 Å². The number of hydrogen-bond donors (Lipinski definition) is 2. The van der Waals surface area contributed by atoms with E-state index >= 15 is 0 Å². The minimum Gasteiger partial charge on any atom is -0.450 e. The molecule has 2 saturated heterocycles. The summed E-state index contributed by atoms with van der Waals surface area (Å²) < 4.78 is 5.14. The minimum atomic E-state index is -0.826. The molecule has 7 heteroatoms. The van der Waals surface area contributed by atoms with E-state index in [1.54, 1.807) is 23.1 Å². The van der Waals surface area contributed by atoms with Crippen LogP contribution in [0.1, 0.15) is 54.8 Å². The molecule has 0 radical (unpaired) electrons. The monoisotopic (exact) mass is 359 g/mol. The number of carbonyl (C=O) groups is 3. The Kier molecular flexibility index (Phi) is 4.21. The van der Waals surface area contributed by atoms with Crippen molar-refractivity contribution < 1.29 is 19.1 Å². The molecule has 1 aromatic carbocycles. The lowest BCUT2D eigenvalue weighted by molar-refractivity contribution is 0.0806. The smallest absolute Gasteiger partial charge is 0.409 e. The van der Waals surface area contributed by atoms with Gasteiger partial charge in [0.05, 0.1) is 23.8 Å². The SMILES string of the molecule is C[C@H]1CCOC(=O)N[C@@]12C(C(C)(C)C)N2C(=O)c1ccccc1C(N)=O. The molecule has 3 rings (SSSR count). The van der Waals surface area contributed by atoms with E-state index in [1.807, 2.05) is 27.7 Å². The number of ether oxygens (including phenoxy) is 1. The summed E-state index contributed by atoms with van der Waals surface area (Å²) in [6.07, 6.45) is 0.120. The van der Waals surface area contributed by atoms with Crippen LogP contribution in [-0.4, -0.2) is 41.1 Å². The molecule has 2 fully saturated rings. The molecule has 2 aliphatic rings. The maximum atomic E-state index is 13.4. The third kappa shape index (κ3) is 2.71. The quantitative estimate of drug-likeness (QED) is 0.790. The van der Waals surface area contributed by atoms with Crippen LogP contribution in [0.4, 0.5) is 4.79 Å². The Labute approximate surface area is 152 Å². The van der Waals surface area contributed by atoms with E-state index in [0.717, 1.165) is 0 Å². The largest absolute Gasteiger partial charge is 0.450 e. The summed E-state index contributed by atoms with van der Waals surface area (Å²) in [4.78, 5) is 38.9. The third-order valence-electron chi connectivity index (χ3n) is 5.31. The zero-order chi connectivity index (χ0) is 19.3. The van der Waals surface area contributed by atoms with Crippen LogP contribution < -0.4 is 11.1 Å². The maximum Gasteiger partial charge on any atom is 0.409 e. The van der Waals surface area contributed by atoms with E-state index < -0.39 is 17.7 Å². The highest BCUT2D eigenvalue weighted by molar-refractivity contribution is 6.08. The van der Waals surface area contributed by atoms with Gasteiger partial charge >= 0.3 is 6.09 Å². The van der Waals surface area contributed by atoms with Gasteiger partial charge in [0.2, 0.25) is 5.91 Å². The average molecular weight is 359 g/mol. The molecule has 2 heterocycles. The van der Waals surface area contributed by atoms with Crippen molar-refractivity contribution in [1.29, 1.82) is 0 Å². The van der Waals surface area contributed by atoms with E-state index in [2.05, 4.69) is 5.32 Å². The Morgan fingerprint density at radius 2 is 1.88 bits per heavy atom. The number of primary amides is 1. The zero-order valence-corrected chi connectivity index (χ0v) is 15.5. The van der Waals surface area contributed by atoms with Crippen molar-refractivity contribution >= 4 is 17.9 Å². The summed E-state index contributed by atoms with van der Waals surface area (Å²) in [6, 6.07) is 6.27. The van der Waals surface area contributed by atoms with Crippen LogP contribution in [0.5, 0.6) is 0 Å². The van der Waals surface area contributed by atoms with Gasteiger partial charge in [-0.3, -0.25) is 14.9 Å². The fourth-order valence-electron chi connectivity index (χ4n) is 4.16. The van der Waals surface area contributed by atoms with Crippen LogP contribution >= 0.6 is 0 Å². The number of alkyl carbamates (subject to hydrolysis) is 1. The second-order valence-corrected chi connectivity index (χ2v) is 8.13. The molecule has 3 atom stereocenters. The summed E-state index contributed by atoms with van der Waals surface area (Å²) in [6.45, 7) is 8.39. The van der Waals surface area contributed by atoms with Crippen LogP contribution in [0.3, 0.4) is 0 Å². The highest BCUT2D eigenvalue weighted by Gasteiger charge is 2.72. The summed E-state index contributed by atoms with van der Waals surface area (Å²) in [5, 5.41) is 2.91. The van der Waals surface area contributed by atoms with E-state index in [4.69, 9.17) is 10.5 Å². The number of amides is 3. The lowest BCUT2D eigenvalue weighted by atomic mass is 9.83. The van der Waals surface area contributed by atoms with Crippen molar-refractivity contribution in [3.05, 3.63) is 35.4 Å². The van der Waals surface area contributed by atoms with E-state index in [-0.39, 0.29) is 34.4 Å². The predicted octanol–water partition coefficient (Wildman–Crippen LogP) is 2.12. The molecular formula is C19H25N3O4. The molecule has 2 aliphatic heterocycles. The van der Waals surface area contributed by atoms with Crippen LogP contribution in [0.25, 0.3) is 0 Å². The lowest BCUT2D eigenvalue weighted by Crippen LogP contribution is -2.47. The zero-order valence-electron chi connectivity index (χ0n) is 15.5. The molecule has 0 bridgehead atoms. The van der Waals surface area contributed by atoms with Crippen molar-refractivity contribution in [1.82, 2.24) is 10.2 Å². The Morgan fingerprint density at radius 1 is 1.27 bits per heavy atom. The van der Waals surface area contributed by atoms with Gasteiger partial charge in [-0.25, -0.2) is 4.79 Å². The molecule has 1 spiro atoms. The van der Waals surface area contributed by atoms with Crippen molar-refractivity contribution in [3.8, 4) is 0 Å². The van der Waals surface area contributed by atoms with Gasteiger partial charge in [0.25, 0.3) is 5.91 Å². The van der Waals surface area contributed by atoms with Gasteiger partial charge in [-0.2, -0.15) is 0 Å². The molecule has 3 N–H and O–H groups in total. The summed E-state index contributed by atoms with van der Waals surface area (Å²) >= 11 is 0. The molecule has 26 heavy (non-hydrogen) atoms. The number of nitrogens with one attached hydrogen (secondary N) is 1. The second kappa shape index (κ2) is 6.00. The van der Waals surface area contributed by atoms with Gasteiger partial charge in [-0.05, 0) is 24.0 Å². The molecule has 0 aromatic heterocycles. The van der Waals surface area contributed by atoms with E-state index in [9.17, 15) is 14.4 Å². The number of rotatable bonds is 2. The van der Waals surface area contributed by atoms with Crippen LogP contribution in [-0.2, 0) is 4.74 Å². The Hall–Kier alpha value is -2.57. The molecule has 140 valence electrons. The van der Waals surface area contributed by atoms with Crippen molar-refractivity contribution in [2.45, 2.75) is 45.8 Å². The number of nitrogens with zero attached hydrogens (tertiary/aromatic N) is 1. The first kappa shape index (κ1) is 18.2. The number of nitrogens with two attached hydrogens (primary N) is 1. The highest BCUT2D eigenvalue weighted by Crippen LogP contribution is 2.55. The second-order valence-electron chi connectivity index (χ2n) is 8.13. The fraction of sp³-hybridized carbons (Fsp3) is 0.526. The summed E-state index contributed by atoms with van der Waals surface area (Å²) in [5.41, 5.74) is 4.76. The predicted molar refractivity (Wildman–Crippen MR) is 95.4 cm³/mol. The number of benzene rings is 1. The van der Waals surface area contributed by atoms with E-state index in [1.165, 1.54) is 6.07 Å². The summed E-state index contributed by atoms with van der Waals surface area (Å²) in [5.74, 6) is -0.963. The standard InChI is InChI=1S/C19H25N3O4/c1-11-9-10-26-17(25)21-19(11)16(18(2,3)4)22(19)15(24)13-8-6-5-7-12(13)14(20)23/h5-8,11,16H,9-10H2,1-4H3,(H2,20,23)(H,21,25)/t11-,16?,19-,22?/m0/s1. The highest BCUT2D eigenvalue weighted by atomic mass is 16.5. The minimum absolute atomic E-state index is 0.00265. The maximum absolute atomic E-state index is 13.4. The van der Waals surface area contributed by atoms with Gasteiger partial charge in [0.1, 0.15) is 5.66 Å². The molecule has 0 aliphatic carbocycles. The van der Waals surface area contributed by atoms with Gasteiger partial charge < -0.3 is 15.4 Å². The first-order valence-corrected chi connectivity index (χ1v) is 8.78. The van der Waals surface area contributed by atoms with Crippen LogP contribution in [0.15, 0.2) is 24.3 Å². The molecule has 0 saturated carbocycles. The third-order valence-corrected chi connectivity index (χ3v) is 5.31. The summed E-state index contributed by atoms with van der Waals surface area (Å²) in [7, 11) is 0. The number of hydrogen-bond acceptors (Lipinski definition) is 4. The molecular weight excluding hydrogens is 334 g/mol. The van der Waals surface area contributed by atoms with Gasteiger partial charge in [0, 0.05) is 5.92 Å². The fourth-order valence-corrected chi connectivity index (χ4v) is 4.16. The molecule has 1 unspecified atom stereocenters. The first-order valence-electron chi connectivity index (χ1n) is 8.78. The normalized spacial score (nSPS) is 28.2. The topological polar surface area (TPSA) is 102 Å². The molecule has 1 aromatic rings. The van der Waals surface area contributed by atoms with E-state index in [0.29, 0.717) is 13.0 Å². The number of cyclic esters (lactones) is 1. The lowest BCUT2D eigenvalue weighted by Gasteiger charge is -2.24. The Bertz CT molecular complexity index is 770. The van der Waals surface area contributed by atoms with Crippen molar-refractivity contribution in [3.63, 3.8) is 0 Å². The van der Waals surface area contributed by atoms with Crippen molar-refractivity contribution in [2.75, 3.05) is 6.61 Å². The average Bonchev–Trinajstić information content (AvgIpc) is 3.26. The first-order chi connectivity index (χ1) is 12.1. The molecule has 7 nitrogen and oxygen atoms in total. The molecule has 3 amide bonds.